The first-order valence-electron chi connectivity index (χ1n) is 10.3. The van der Waals surface area contributed by atoms with E-state index in [1.807, 2.05) is 6.07 Å². The zero-order valence-corrected chi connectivity index (χ0v) is 18.5. The van der Waals surface area contributed by atoms with E-state index in [0.29, 0.717) is 40.3 Å². The highest BCUT2D eigenvalue weighted by Crippen LogP contribution is 2.35. The van der Waals surface area contributed by atoms with Gasteiger partial charge in [-0.05, 0) is 60.5 Å². The summed E-state index contributed by atoms with van der Waals surface area (Å²) in [6, 6.07) is 16.8. The number of hydrogen-bond donors (Lipinski definition) is 1. The molecule has 5 nitrogen and oxygen atoms in total. The largest absolute Gasteiger partial charge is 0.493 e. The Morgan fingerprint density at radius 2 is 1.85 bits per heavy atom. The summed E-state index contributed by atoms with van der Waals surface area (Å²) in [5, 5.41) is 12.1. The Morgan fingerprint density at radius 3 is 2.50 bits per heavy atom. The van der Waals surface area contributed by atoms with E-state index in [-0.39, 0.29) is 18.0 Å². The van der Waals surface area contributed by atoms with Crippen LogP contribution in [-0.4, -0.2) is 13.0 Å². The Balaban J connectivity index is 1.90. The normalized spacial score (nSPS) is 10.8. The lowest BCUT2D eigenvalue weighted by Gasteiger charge is -2.16. The molecule has 0 fully saturated rings. The van der Waals surface area contributed by atoms with Crippen molar-refractivity contribution in [1.82, 2.24) is 0 Å². The van der Waals surface area contributed by atoms with Gasteiger partial charge in [-0.2, -0.15) is 5.26 Å². The minimum Gasteiger partial charge on any atom is -0.493 e. The molecule has 0 atom stereocenters. The summed E-state index contributed by atoms with van der Waals surface area (Å²) in [5.41, 5.74) is 1.80. The molecule has 0 saturated heterocycles. The lowest BCUT2D eigenvalue weighted by atomic mass is 10.0. The topological polar surface area (TPSA) is 71.4 Å². The van der Waals surface area contributed by atoms with Gasteiger partial charge in [0.05, 0.1) is 7.11 Å². The van der Waals surface area contributed by atoms with Gasteiger partial charge in [-0.3, -0.25) is 4.79 Å². The number of carbonyl (C=O) groups is 1. The van der Waals surface area contributed by atoms with Crippen LogP contribution in [-0.2, 0) is 17.8 Å². The SMILES string of the molecule is C=CCc1cc(/C=C(\C#N)C(=O)Nc2ccc(F)cc2)cc(OC)c1OCc1ccccc1F. The molecule has 0 radical (unpaired) electrons. The second kappa shape index (κ2) is 11.4. The van der Waals surface area contributed by atoms with Gasteiger partial charge in [0.2, 0.25) is 0 Å². The molecule has 0 heterocycles. The minimum absolute atomic E-state index is 0.00805. The number of nitrogens with one attached hydrogen (secondary N) is 1. The highest BCUT2D eigenvalue weighted by Gasteiger charge is 2.16. The van der Waals surface area contributed by atoms with Crippen LogP contribution in [0.4, 0.5) is 14.5 Å². The summed E-state index contributed by atoms with van der Waals surface area (Å²) in [6.07, 6.45) is 3.49. The van der Waals surface area contributed by atoms with Crippen LogP contribution in [0, 0.1) is 23.0 Å². The fourth-order valence-corrected chi connectivity index (χ4v) is 3.20. The molecule has 0 aliphatic rings. The number of hydrogen-bond acceptors (Lipinski definition) is 4. The van der Waals surface area contributed by atoms with E-state index in [1.165, 1.54) is 43.5 Å². The molecule has 1 amide bonds. The summed E-state index contributed by atoms with van der Waals surface area (Å²) < 4.78 is 38.5. The van der Waals surface area contributed by atoms with Gasteiger partial charge in [0.1, 0.15) is 29.9 Å². The third-order valence-corrected chi connectivity index (χ3v) is 4.85. The van der Waals surface area contributed by atoms with Gasteiger partial charge >= 0.3 is 0 Å². The van der Waals surface area contributed by atoms with E-state index in [2.05, 4.69) is 11.9 Å². The second-order valence-electron chi connectivity index (χ2n) is 7.22. The Hall–Kier alpha value is -4.44. The first-order chi connectivity index (χ1) is 16.4. The number of nitriles is 1. The third kappa shape index (κ3) is 6.08. The molecule has 3 aromatic carbocycles. The first kappa shape index (κ1) is 24.2. The van der Waals surface area contributed by atoms with Crippen molar-refractivity contribution >= 4 is 17.7 Å². The van der Waals surface area contributed by atoms with E-state index >= 15 is 0 Å². The van der Waals surface area contributed by atoms with Crippen LogP contribution in [0.2, 0.25) is 0 Å². The maximum absolute atomic E-state index is 14.0. The third-order valence-electron chi connectivity index (χ3n) is 4.85. The number of ether oxygens (including phenoxy) is 2. The predicted octanol–water partition coefficient (Wildman–Crippen LogP) is 5.83. The van der Waals surface area contributed by atoms with Crippen LogP contribution >= 0.6 is 0 Å². The van der Waals surface area contributed by atoms with Crippen molar-refractivity contribution in [3.05, 3.63) is 107 Å². The van der Waals surface area contributed by atoms with Gasteiger partial charge in [0.15, 0.2) is 11.5 Å². The number of benzene rings is 3. The first-order valence-corrected chi connectivity index (χ1v) is 10.3. The quantitative estimate of drug-likeness (QED) is 0.248. The molecule has 0 aromatic heterocycles. The van der Waals surface area contributed by atoms with Gasteiger partial charge in [-0.15, -0.1) is 6.58 Å². The summed E-state index contributed by atoms with van der Waals surface area (Å²) in [6.45, 7) is 3.75. The number of nitrogens with zero attached hydrogens (tertiary/aromatic N) is 1. The average Bonchev–Trinajstić information content (AvgIpc) is 2.84. The van der Waals surface area contributed by atoms with E-state index in [0.717, 1.165) is 0 Å². The molecule has 7 heteroatoms. The molecule has 0 aliphatic heterocycles. The summed E-state index contributed by atoms with van der Waals surface area (Å²) in [4.78, 5) is 12.6. The number of halogens is 2. The summed E-state index contributed by atoms with van der Waals surface area (Å²) >= 11 is 0. The molecule has 0 saturated carbocycles. The second-order valence-corrected chi connectivity index (χ2v) is 7.22. The highest BCUT2D eigenvalue weighted by atomic mass is 19.1. The van der Waals surface area contributed by atoms with E-state index in [1.54, 1.807) is 36.4 Å². The summed E-state index contributed by atoms with van der Waals surface area (Å²) in [5.74, 6) is -0.682. The molecule has 3 aromatic rings. The van der Waals surface area contributed by atoms with Crippen LogP contribution in [0.3, 0.4) is 0 Å². The number of amides is 1. The van der Waals surface area contributed by atoms with Crippen molar-refractivity contribution in [3.8, 4) is 17.6 Å². The molecule has 0 spiro atoms. The standard InChI is InChI=1S/C27H22F2N2O3/c1-3-6-19-13-18(14-21(16-30)27(32)31-23-11-9-22(28)10-12-23)15-25(33-2)26(19)34-17-20-7-4-5-8-24(20)29/h3-5,7-15H,1,6,17H2,2H3,(H,31,32)/b21-14+. The van der Waals surface area contributed by atoms with E-state index < -0.39 is 11.7 Å². The zero-order chi connectivity index (χ0) is 24.5. The molecule has 34 heavy (non-hydrogen) atoms. The maximum atomic E-state index is 14.0. The summed E-state index contributed by atoms with van der Waals surface area (Å²) in [7, 11) is 1.46. The van der Waals surface area contributed by atoms with Gasteiger partial charge in [-0.1, -0.05) is 24.3 Å². The Labute approximate surface area is 196 Å². The number of carbonyl (C=O) groups excluding carboxylic acids is 1. The molecule has 3 rings (SSSR count). The Bertz CT molecular complexity index is 1260. The van der Waals surface area contributed by atoms with Crippen molar-refractivity contribution in [3.63, 3.8) is 0 Å². The van der Waals surface area contributed by atoms with Crippen LogP contribution in [0.1, 0.15) is 16.7 Å². The Kier molecular flexibility index (Phi) is 8.14. The van der Waals surface area contributed by atoms with Gasteiger partial charge in [0.25, 0.3) is 5.91 Å². The fraction of sp³-hybridized carbons (Fsp3) is 0.111. The van der Waals surface area contributed by atoms with Crippen LogP contribution in [0.5, 0.6) is 11.5 Å². The van der Waals surface area contributed by atoms with Crippen LogP contribution in [0.15, 0.2) is 78.9 Å². The van der Waals surface area contributed by atoms with Crippen molar-refractivity contribution in [2.75, 3.05) is 12.4 Å². The van der Waals surface area contributed by atoms with Gasteiger partial charge in [0, 0.05) is 16.8 Å². The van der Waals surface area contributed by atoms with Crippen molar-refractivity contribution in [2.24, 2.45) is 0 Å². The predicted molar refractivity (Wildman–Crippen MR) is 126 cm³/mol. The fourth-order valence-electron chi connectivity index (χ4n) is 3.20. The van der Waals surface area contributed by atoms with Crippen LogP contribution in [0.25, 0.3) is 6.08 Å². The lowest BCUT2D eigenvalue weighted by molar-refractivity contribution is -0.112. The average molecular weight is 460 g/mol. The van der Waals surface area contributed by atoms with E-state index in [9.17, 15) is 18.8 Å². The molecular weight excluding hydrogens is 438 g/mol. The molecular formula is C27H22F2N2O3. The van der Waals surface area contributed by atoms with Crippen molar-refractivity contribution < 1.29 is 23.0 Å². The number of anilines is 1. The van der Waals surface area contributed by atoms with Crippen molar-refractivity contribution in [2.45, 2.75) is 13.0 Å². The van der Waals surface area contributed by atoms with Gasteiger partial charge in [-0.25, -0.2) is 8.78 Å². The van der Waals surface area contributed by atoms with Crippen molar-refractivity contribution in [1.29, 1.82) is 5.26 Å². The number of allylic oxidation sites excluding steroid dienone is 1. The van der Waals surface area contributed by atoms with E-state index in [4.69, 9.17) is 9.47 Å². The molecule has 0 aliphatic carbocycles. The number of methoxy groups -OCH3 is 1. The Morgan fingerprint density at radius 1 is 1.12 bits per heavy atom. The monoisotopic (exact) mass is 460 g/mol. The van der Waals surface area contributed by atoms with Gasteiger partial charge < -0.3 is 14.8 Å². The zero-order valence-electron chi connectivity index (χ0n) is 18.5. The molecule has 0 bridgehead atoms. The maximum Gasteiger partial charge on any atom is 0.266 e. The smallest absolute Gasteiger partial charge is 0.266 e. The molecule has 172 valence electrons. The minimum atomic E-state index is -0.641. The highest BCUT2D eigenvalue weighted by molar-refractivity contribution is 6.09. The van der Waals surface area contributed by atoms with Crippen LogP contribution < -0.4 is 14.8 Å². The molecule has 1 N–H and O–H groups in total. The lowest BCUT2D eigenvalue weighted by Crippen LogP contribution is -2.13. The molecule has 0 unspecified atom stereocenters. The number of rotatable bonds is 9.